The molecule has 0 bridgehead atoms. The summed E-state index contributed by atoms with van der Waals surface area (Å²) < 4.78 is 4.39. The fourth-order valence-corrected chi connectivity index (χ4v) is 1.17. The largest absolute Gasteiger partial charge is 0.469 e. The number of esters is 1. The molecular weight excluding hydrogens is 206 g/mol. The molecule has 0 unspecified atom stereocenters. The monoisotopic (exact) mass is 221 g/mol. The average Bonchev–Trinajstić information content (AvgIpc) is 2.28. The normalized spacial score (nSPS) is 9.62. The molecule has 4 heteroatoms. The van der Waals surface area contributed by atoms with E-state index in [1.807, 2.05) is 31.2 Å². The number of carbonyl (C=O) groups excluding carboxylic acids is 2. The number of hydrogen-bond acceptors (Lipinski definition) is 3. The molecule has 1 rings (SSSR count). The van der Waals surface area contributed by atoms with E-state index >= 15 is 0 Å². The van der Waals surface area contributed by atoms with Crippen LogP contribution >= 0.6 is 0 Å². The van der Waals surface area contributed by atoms with Gasteiger partial charge in [-0.05, 0) is 12.5 Å². The molecule has 0 fully saturated rings. The lowest BCUT2D eigenvalue weighted by molar-refractivity contribution is -0.143. The van der Waals surface area contributed by atoms with Gasteiger partial charge in [0.05, 0.1) is 7.11 Å². The first-order valence-electron chi connectivity index (χ1n) is 5.01. The van der Waals surface area contributed by atoms with Gasteiger partial charge in [0.25, 0.3) is 0 Å². The van der Waals surface area contributed by atoms with Crippen LogP contribution in [0.25, 0.3) is 0 Å². The summed E-state index contributed by atoms with van der Waals surface area (Å²) in [6.45, 7) is 2.43. The molecule has 0 aliphatic carbocycles. The zero-order valence-corrected chi connectivity index (χ0v) is 9.45. The Kier molecular flexibility index (Phi) is 4.51. The maximum atomic E-state index is 11.2. The van der Waals surface area contributed by atoms with Crippen LogP contribution in [0.3, 0.4) is 0 Å². The Morgan fingerprint density at radius 1 is 1.25 bits per heavy atom. The maximum Gasteiger partial charge on any atom is 0.315 e. The third-order valence-electron chi connectivity index (χ3n) is 2.14. The summed E-state index contributed by atoms with van der Waals surface area (Å²) in [5.41, 5.74) is 2.17. The Hall–Kier alpha value is -1.84. The highest BCUT2D eigenvalue weighted by molar-refractivity contribution is 5.94. The molecule has 16 heavy (non-hydrogen) atoms. The van der Waals surface area contributed by atoms with Gasteiger partial charge in [0.1, 0.15) is 6.42 Å². The smallest absolute Gasteiger partial charge is 0.315 e. The van der Waals surface area contributed by atoms with Crippen LogP contribution in [0, 0.1) is 6.92 Å². The zero-order chi connectivity index (χ0) is 12.0. The first kappa shape index (κ1) is 12.2. The molecule has 86 valence electrons. The molecule has 0 aromatic heterocycles. The van der Waals surface area contributed by atoms with Gasteiger partial charge < -0.3 is 10.1 Å². The quantitative estimate of drug-likeness (QED) is 0.613. The summed E-state index contributed by atoms with van der Waals surface area (Å²) >= 11 is 0. The van der Waals surface area contributed by atoms with Gasteiger partial charge >= 0.3 is 5.97 Å². The van der Waals surface area contributed by atoms with Gasteiger partial charge in [0.2, 0.25) is 5.91 Å². The van der Waals surface area contributed by atoms with Crippen molar-refractivity contribution in [3.8, 4) is 0 Å². The summed E-state index contributed by atoms with van der Waals surface area (Å²) in [4.78, 5) is 22.0. The van der Waals surface area contributed by atoms with E-state index < -0.39 is 5.97 Å². The van der Waals surface area contributed by atoms with E-state index in [1.165, 1.54) is 12.7 Å². The lowest BCUT2D eigenvalue weighted by Crippen LogP contribution is -2.25. The fourth-order valence-electron chi connectivity index (χ4n) is 1.17. The van der Waals surface area contributed by atoms with E-state index in [2.05, 4.69) is 10.1 Å². The molecule has 0 atom stereocenters. The van der Waals surface area contributed by atoms with Gasteiger partial charge in [0, 0.05) is 6.54 Å². The highest BCUT2D eigenvalue weighted by atomic mass is 16.5. The topological polar surface area (TPSA) is 55.4 Å². The molecule has 1 aromatic carbocycles. The van der Waals surface area contributed by atoms with Gasteiger partial charge in [-0.25, -0.2) is 0 Å². The van der Waals surface area contributed by atoms with Gasteiger partial charge in [-0.1, -0.05) is 29.8 Å². The first-order valence-corrected chi connectivity index (χ1v) is 5.01. The minimum Gasteiger partial charge on any atom is -0.469 e. The summed E-state index contributed by atoms with van der Waals surface area (Å²) in [6, 6.07) is 7.82. The van der Waals surface area contributed by atoms with Crippen molar-refractivity contribution in [3.05, 3.63) is 35.4 Å². The molecule has 1 N–H and O–H groups in total. The summed E-state index contributed by atoms with van der Waals surface area (Å²) in [5, 5.41) is 2.64. The van der Waals surface area contributed by atoms with Gasteiger partial charge in [0.15, 0.2) is 0 Å². The lowest BCUT2D eigenvalue weighted by atomic mass is 10.1. The molecule has 0 radical (unpaired) electrons. The van der Waals surface area contributed by atoms with Gasteiger partial charge in [-0.15, -0.1) is 0 Å². The highest BCUT2D eigenvalue weighted by Gasteiger charge is 2.08. The Morgan fingerprint density at radius 3 is 2.44 bits per heavy atom. The maximum absolute atomic E-state index is 11.2. The zero-order valence-electron chi connectivity index (χ0n) is 9.45. The van der Waals surface area contributed by atoms with Gasteiger partial charge in [-0.3, -0.25) is 9.59 Å². The van der Waals surface area contributed by atoms with Crippen LogP contribution in [0.4, 0.5) is 0 Å². The Labute approximate surface area is 94.6 Å². The highest BCUT2D eigenvalue weighted by Crippen LogP contribution is 2.02. The molecule has 1 amide bonds. The van der Waals surface area contributed by atoms with Crippen molar-refractivity contribution in [1.82, 2.24) is 5.32 Å². The predicted molar refractivity (Wildman–Crippen MR) is 59.7 cm³/mol. The predicted octanol–water partition coefficient (Wildman–Crippen LogP) is 1.17. The average molecular weight is 221 g/mol. The minimum absolute atomic E-state index is 0.234. The van der Waals surface area contributed by atoms with E-state index in [9.17, 15) is 9.59 Å². The third kappa shape index (κ3) is 4.13. The summed E-state index contributed by atoms with van der Waals surface area (Å²) in [6.07, 6.45) is -0.234. The molecule has 0 spiro atoms. The van der Waals surface area contributed by atoms with Crippen LogP contribution in [0.5, 0.6) is 0 Å². The second-order valence-corrected chi connectivity index (χ2v) is 3.52. The number of carbonyl (C=O) groups is 2. The van der Waals surface area contributed by atoms with E-state index in [-0.39, 0.29) is 12.3 Å². The van der Waals surface area contributed by atoms with Crippen molar-refractivity contribution in [1.29, 1.82) is 0 Å². The van der Waals surface area contributed by atoms with Crippen LogP contribution in [0.2, 0.25) is 0 Å². The number of aryl methyl sites for hydroxylation is 1. The van der Waals surface area contributed by atoms with Crippen LogP contribution in [-0.2, 0) is 20.9 Å². The SMILES string of the molecule is COC(=O)CC(=O)NCc1ccc(C)cc1. The van der Waals surface area contributed by atoms with Gasteiger partial charge in [-0.2, -0.15) is 0 Å². The van der Waals surface area contributed by atoms with E-state index in [4.69, 9.17) is 0 Å². The Morgan fingerprint density at radius 2 is 1.88 bits per heavy atom. The van der Waals surface area contributed by atoms with E-state index in [0.29, 0.717) is 6.54 Å². The molecule has 1 aromatic rings. The number of hydrogen-bond donors (Lipinski definition) is 1. The number of rotatable bonds is 4. The molecule has 0 saturated heterocycles. The van der Waals surface area contributed by atoms with Crippen LogP contribution in [0.15, 0.2) is 24.3 Å². The van der Waals surface area contributed by atoms with Crippen LogP contribution in [0.1, 0.15) is 17.5 Å². The van der Waals surface area contributed by atoms with Crippen LogP contribution in [-0.4, -0.2) is 19.0 Å². The summed E-state index contributed by atoms with van der Waals surface area (Å²) in [7, 11) is 1.26. The molecule has 0 saturated carbocycles. The third-order valence-corrected chi connectivity index (χ3v) is 2.14. The second-order valence-electron chi connectivity index (χ2n) is 3.52. The van der Waals surface area contributed by atoms with Crippen molar-refractivity contribution in [2.75, 3.05) is 7.11 Å². The Bertz CT molecular complexity index is 370. The van der Waals surface area contributed by atoms with E-state index in [0.717, 1.165) is 5.56 Å². The van der Waals surface area contributed by atoms with E-state index in [1.54, 1.807) is 0 Å². The molecule has 0 heterocycles. The number of nitrogens with one attached hydrogen (secondary N) is 1. The number of ether oxygens (including phenoxy) is 1. The standard InChI is InChI=1S/C12H15NO3/c1-9-3-5-10(6-4-9)8-13-11(14)7-12(15)16-2/h3-6H,7-8H2,1-2H3,(H,13,14). The Balaban J connectivity index is 2.37. The number of amides is 1. The molecule has 4 nitrogen and oxygen atoms in total. The number of benzene rings is 1. The van der Waals surface area contributed by atoms with Crippen molar-refractivity contribution in [3.63, 3.8) is 0 Å². The summed E-state index contributed by atoms with van der Waals surface area (Å²) in [5.74, 6) is -0.853. The molecule has 0 aliphatic heterocycles. The van der Waals surface area contributed by atoms with Crippen LogP contribution < -0.4 is 5.32 Å². The van der Waals surface area contributed by atoms with Crippen molar-refractivity contribution < 1.29 is 14.3 Å². The van der Waals surface area contributed by atoms with Crippen molar-refractivity contribution in [2.45, 2.75) is 19.9 Å². The van der Waals surface area contributed by atoms with Crippen molar-refractivity contribution >= 4 is 11.9 Å². The fraction of sp³-hybridized carbons (Fsp3) is 0.333. The first-order chi connectivity index (χ1) is 7.61. The lowest BCUT2D eigenvalue weighted by Gasteiger charge is -2.04. The minimum atomic E-state index is -0.526. The van der Waals surface area contributed by atoms with Crippen molar-refractivity contribution in [2.24, 2.45) is 0 Å². The number of methoxy groups -OCH3 is 1. The molecular formula is C12H15NO3. The molecule has 0 aliphatic rings. The second kappa shape index (κ2) is 5.90.